The van der Waals surface area contributed by atoms with E-state index in [1.54, 1.807) is 37.3 Å². The van der Waals surface area contributed by atoms with Crippen molar-refractivity contribution in [1.29, 1.82) is 0 Å². The van der Waals surface area contributed by atoms with Gasteiger partial charge in [0.25, 0.3) is 5.91 Å². The Bertz CT molecular complexity index is 751. The van der Waals surface area contributed by atoms with Crippen molar-refractivity contribution in [3.63, 3.8) is 0 Å². The maximum atomic E-state index is 12.2. The van der Waals surface area contributed by atoms with Crippen LogP contribution >= 0.6 is 27.5 Å². The topological polar surface area (TPSA) is 75.6 Å². The molecule has 0 aliphatic carbocycles. The minimum absolute atomic E-state index is 0.0114. The van der Waals surface area contributed by atoms with Gasteiger partial charge in [-0.05, 0) is 43.3 Å². The van der Waals surface area contributed by atoms with Gasteiger partial charge in [0.1, 0.15) is 5.75 Å². The van der Waals surface area contributed by atoms with Crippen LogP contribution in [0.4, 0.5) is 5.69 Å². The van der Waals surface area contributed by atoms with Crippen molar-refractivity contribution in [3.8, 4) is 5.75 Å². The first kappa shape index (κ1) is 17.3. The molecule has 0 aliphatic rings. The minimum Gasteiger partial charge on any atom is -0.481 e. The normalized spacial score (nSPS) is 11.6. The Morgan fingerprint density at radius 1 is 1.26 bits per heavy atom. The van der Waals surface area contributed by atoms with Crippen molar-refractivity contribution in [3.05, 3.63) is 57.5 Å². The van der Waals surface area contributed by atoms with E-state index in [0.717, 1.165) is 0 Å². The van der Waals surface area contributed by atoms with E-state index in [9.17, 15) is 14.7 Å². The van der Waals surface area contributed by atoms with E-state index < -0.39 is 18.0 Å². The molecule has 23 heavy (non-hydrogen) atoms. The van der Waals surface area contributed by atoms with E-state index in [4.69, 9.17) is 16.3 Å². The Morgan fingerprint density at radius 2 is 2.00 bits per heavy atom. The average Bonchev–Trinajstić information content (AvgIpc) is 2.48. The van der Waals surface area contributed by atoms with E-state index >= 15 is 0 Å². The SMILES string of the molecule is C[C@@H](Oc1cccc(Cl)c1)C(=O)Nc1ccc(Br)cc1C(=O)O. The number of aromatic carboxylic acids is 1. The molecule has 0 unspecified atom stereocenters. The molecule has 0 heterocycles. The van der Waals surface area contributed by atoms with Crippen LogP contribution in [0.5, 0.6) is 5.75 Å². The van der Waals surface area contributed by atoms with Crippen LogP contribution in [-0.2, 0) is 4.79 Å². The highest BCUT2D eigenvalue weighted by Crippen LogP contribution is 2.22. The van der Waals surface area contributed by atoms with Gasteiger partial charge in [0, 0.05) is 9.50 Å². The Balaban J connectivity index is 2.11. The van der Waals surface area contributed by atoms with E-state index in [0.29, 0.717) is 15.2 Å². The maximum Gasteiger partial charge on any atom is 0.337 e. The lowest BCUT2D eigenvalue weighted by Gasteiger charge is -2.16. The molecule has 1 atom stereocenters. The number of carboxylic acids is 1. The highest BCUT2D eigenvalue weighted by molar-refractivity contribution is 9.10. The zero-order valence-corrected chi connectivity index (χ0v) is 14.4. The molecule has 0 aromatic heterocycles. The number of ether oxygens (including phenoxy) is 1. The molecule has 120 valence electrons. The van der Waals surface area contributed by atoms with Crippen molar-refractivity contribution >= 4 is 45.1 Å². The van der Waals surface area contributed by atoms with Gasteiger partial charge < -0.3 is 15.2 Å². The van der Waals surface area contributed by atoms with Gasteiger partial charge in [-0.3, -0.25) is 4.79 Å². The Morgan fingerprint density at radius 3 is 2.65 bits per heavy atom. The fraction of sp³-hybridized carbons (Fsp3) is 0.125. The van der Waals surface area contributed by atoms with Crippen LogP contribution in [0, 0.1) is 0 Å². The minimum atomic E-state index is -1.13. The first-order valence-corrected chi connectivity index (χ1v) is 7.80. The lowest BCUT2D eigenvalue weighted by atomic mass is 10.1. The van der Waals surface area contributed by atoms with Gasteiger partial charge >= 0.3 is 5.97 Å². The summed E-state index contributed by atoms with van der Waals surface area (Å²) >= 11 is 9.06. The molecule has 0 aliphatic heterocycles. The van der Waals surface area contributed by atoms with Gasteiger partial charge in [-0.2, -0.15) is 0 Å². The molecular formula is C16H13BrClNO4. The summed E-state index contributed by atoms with van der Waals surface area (Å²) in [5.41, 5.74) is 0.190. The molecule has 0 saturated carbocycles. The lowest BCUT2D eigenvalue weighted by Crippen LogP contribution is -2.30. The number of rotatable bonds is 5. The van der Waals surface area contributed by atoms with E-state index in [-0.39, 0.29) is 11.3 Å². The largest absolute Gasteiger partial charge is 0.481 e. The van der Waals surface area contributed by atoms with E-state index in [1.165, 1.54) is 12.1 Å². The first-order valence-electron chi connectivity index (χ1n) is 6.63. The fourth-order valence-corrected chi connectivity index (χ4v) is 2.38. The van der Waals surface area contributed by atoms with Gasteiger partial charge in [-0.25, -0.2) is 4.79 Å². The number of carboxylic acid groups (broad SMARTS) is 1. The summed E-state index contributed by atoms with van der Waals surface area (Å²) in [6.45, 7) is 1.57. The summed E-state index contributed by atoms with van der Waals surface area (Å²) in [7, 11) is 0. The monoisotopic (exact) mass is 397 g/mol. The van der Waals surface area contributed by atoms with Gasteiger partial charge in [-0.15, -0.1) is 0 Å². The van der Waals surface area contributed by atoms with Gasteiger partial charge in [0.05, 0.1) is 11.3 Å². The quantitative estimate of drug-likeness (QED) is 0.791. The number of hydrogen-bond donors (Lipinski definition) is 2. The van der Waals surface area contributed by atoms with Crippen LogP contribution in [-0.4, -0.2) is 23.1 Å². The zero-order chi connectivity index (χ0) is 17.0. The summed E-state index contributed by atoms with van der Waals surface area (Å²) in [6.07, 6.45) is -0.821. The van der Waals surface area contributed by atoms with Crippen LogP contribution in [0.3, 0.4) is 0 Å². The number of carbonyl (C=O) groups excluding carboxylic acids is 1. The van der Waals surface area contributed by atoms with Gasteiger partial charge in [0.15, 0.2) is 6.10 Å². The average molecular weight is 399 g/mol. The molecule has 0 spiro atoms. The number of benzene rings is 2. The molecule has 1 amide bonds. The third-order valence-electron chi connectivity index (χ3n) is 2.95. The number of carbonyl (C=O) groups is 2. The van der Waals surface area contributed by atoms with Crippen LogP contribution in [0.15, 0.2) is 46.9 Å². The highest BCUT2D eigenvalue weighted by Gasteiger charge is 2.18. The molecule has 2 aromatic rings. The standard InChI is InChI=1S/C16H13BrClNO4/c1-9(23-12-4-2-3-11(18)8-12)15(20)19-14-6-5-10(17)7-13(14)16(21)22/h2-9H,1H3,(H,19,20)(H,21,22)/t9-/m1/s1. The zero-order valence-electron chi connectivity index (χ0n) is 12.0. The van der Waals surface area contributed by atoms with Crippen LogP contribution in [0.1, 0.15) is 17.3 Å². The Labute approximate surface area is 146 Å². The molecule has 2 N–H and O–H groups in total. The molecular weight excluding hydrogens is 386 g/mol. The molecule has 0 fully saturated rings. The van der Waals surface area contributed by atoms with E-state index in [1.807, 2.05) is 0 Å². The Hall–Kier alpha value is -2.05. The number of anilines is 1. The third kappa shape index (κ3) is 4.71. The predicted molar refractivity (Wildman–Crippen MR) is 91.3 cm³/mol. The summed E-state index contributed by atoms with van der Waals surface area (Å²) in [4.78, 5) is 23.4. The second-order valence-corrected chi connectivity index (χ2v) is 6.05. The van der Waals surface area contributed by atoms with Gasteiger partial charge in [-0.1, -0.05) is 33.6 Å². The predicted octanol–water partition coefficient (Wildman–Crippen LogP) is 4.21. The molecule has 2 aromatic carbocycles. The number of hydrogen-bond acceptors (Lipinski definition) is 3. The molecule has 7 heteroatoms. The number of amides is 1. The number of nitrogens with one attached hydrogen (secondary N) is 1. The summed E-state index contributed by atoms with van der Waals surface area (Å²) in [5, 5.41) is 12.2. The molecule has 5 nitrogen and oxygen atoms in total. The third-order valence-corrected chi connectivity index (χ3v) is 3.68. The molecule has 0 saturated heterocycles. The van der Waals surface area contributed by atoms with Gasteiger partial charge in [0.2, 0.25) is 0 Å². The molecule has 0 bridgehead atoms. The van der Waals surface area contributed by atoms with E-state index in [2.05, 4.69) is 21.2 Å². The second kappa shape index (κ2) is 7.48. The summed E-state index contributed by atoms with van der Waals surface area (Å²) in [6, 6.07) is 11.2. The van der Waals surface area contributed by atoms with Crippen molar-refractivity contribution in [2.45, 2.75) is 13.0 Å². The Kier molecular flexibility index (Phi) is 5.63. The smallest absolute Gasteiger partial charge is 0.337 e. The second-order valence-electron chi connectivity index (χ2n) is 4.70. The van der Waals surface area contributed by atoms with Crippen molar-refractivity contribution in [2.75, 3.05) is 5.32 Å². The highest BCUT2D eigenvalue weighted by atomic mass is 79.9. The summed E-state index contributed by atoms with van der Waals surface area (Å²) < 4.78 is 6.11. The van der Waals surface area contributed by atoms with Crippen LogP contribution in [0.25, 0.3) is 0 Å². The molecule has 0 radical (unpaired) electrons. The maximum absolute atomic E-state index is 12.2. The van der Waals surface area contributed by atoms with Crippen molar-refractivity contribution in [1.82, 2.24) is 0 Å². The lowest BCUT2D eigenvalue weighted by molar-refractivity contribution is -0.122. The van der Waals surface area contributed by atoms with Crippen LogP contribution < -0.4 is 10.1 Å². The number of halogens is 2. The van der Waals surface area contributed by atoms with Crippen LogP contribution in [0.2, 0.25) is 5.02 Å². The first-order chi connectivity index (χ1) is 10.9. The molecule has 2 rings (SSSR count). The van der Waals surface area contributed by atoms with Crippen molar-refractivity contribution in [2.24, 2.45) is 0 Å². The van der Waals surface area contributed by atoms with Crippen molar-refractivity contribution < 1.29 is 19.4 Å². The summed E-state index contributed by atoms with van der Waals surface area (Å²) in [5.74, 6) is -1.14. The fourth-order valence-electron chi connectivity index (χ4n) is 1.83.